The predicted molar refractivity (Wildman–Crippen MR) is 43.5 cm³/mol. The molecule has 12 heavy (non-hydrogen) atoms. The molecule has 5 nitrogen and oxygen atoms in total. The summed E-state index contributed by atoms with van der Waals surface area (Å²) in [5.41, 5.74) is 0. The first-order valence-corrected chi connectivity index (χ1v) is 3.90. The molecule has 0 aliphatic rings. The molecule has 0 fully saturated rings. The molecule has 0 aromatic heterocycles. The van der Waals surface area contributed by atoms with Crippen molar-refractivity contribution >= 4 is 7.32 Å². The lowest BCUT2D eigenvalue weighted by atomic mass is 10.3. The molecule has 0 saturated carbocycles. The lowest BCUT2D eigenvalue weighted by molar-refractivity contribution is 0.0333. The first-order valence-electron chi connectivity index (χ1n) is 3.90. The summed E-state index contributed by atoms with van der Waals surface area (Å²) in [5.74, 6) is 0. The molecule has 0 aromatic carbocycles. The van der Waals surface area contributed by atoms with Crippen molar-refractivity contribution in [1.82, 2.24) is 0 Å². The molecule has 0 unspecified atom stereocenters. The van der Waals surface area contributed by atoms with Crippen LogP contribution in [-0.4, -0.2) is 50.4 Å². The van der Waals surface area contributed by atoms with Crippen LogP contribution in [0, 0.1) is 0 Å². The molecule has 0 aliphatic heterocycles. The summed E-state index contributed by atoms with van der Waals surface area (Å²) in [6.45, 7) is 4.14. The molecule has 72 valence electrons. The second kappa shape index (κ2) is 8.96. The topological polar surface area (TPSA) is 68.2 Å². The zero-order valence-electron chi connectivity index (χ0n) is 7.23. The molecule has 0 rings (SSSR count). The maximum absolute atomic E-state index is 8.25. The van der Waals surface area contributed by atoms with Crippen molar-refractivity contribution < 1.29 is 24.2 Å². The van der Waals surface area contributed by atoms with E-state index in [0.717, 1.165) is 0 Å². The molecule has 6 heteroatoms. The lowest BCUT2D eigenvalue weighted by Crippen LogP contribution is -2.20. The summed E-state index contributed by atoms with van der Waals surface area (Å²) in [7, 11) is -1.71. The third-order valence-electron chi connectivity index (χ3n) is 1.07. The quantitative estimate of drug-likeness (QED) is 0.369. The normalized spacial score (nSPS) is 10.2. The van der Waals surface area contributed by atoms with E-state index in [4.69, 9.17) is 19.5 Å². The molecule has 2 N–H and O–H groups in total. The monoisotopic (exact) mass is 178 g/mol. The predicted octanol–water partition coefficient (Wildman–Crippen LogP) is -0.974. The van der Waals surface area contributed by atoms with Crippen molar-refractivity contribution in [2.24, 2.45) is 0 Å². The highest BCUT2D eigenvalue weighted by molar-refractivity contribution is 6.32. The van der Waals surface area contributed by atoms with Crippen LogP contribution in [0.3, 0.4) is 0 Å². The summed E-state index contributed by atoms with van der Waals surface area (Å²) in [6.07, 6.45) is 0. The van der Waals surface area contributed by atoms with Crippen molar-refractivity contribution in [2.75, 3.05) is 33.0 Å². The summed E-state index contributed by atoms with van der Waals surface area (Å²) in [6, 6.07) is 0. The van der Waals surface area contributed by atoms with Gasteiger partial charge in [-0.05, 0) is 6.92 Å². The second-order valence-corrected chi connectivity index (χ2v) is 2.01. The van der Waals surface area contributed by atoms with Crippen molar-refractivity contribution in [1.29, 1.82) is 0 Å². The molecule has 0 aromatic rings. The van der Waals surface area contributed by atoms with Crippen LogP contribution < -0.4 is 0 Å². The van der Waals surface area contributed by atoms with Gasteiger partial charge in [-0.3, -0.25) is 0 Å². The Morgan fingerprint density at radius 1 is 1.00 bits per heavy atom. The fourth-order valence-electron chi connectivity index (χ4n) is 0.577. The summed E-state index contributed by atoms with van der Waals surface area (Å²) < 4.78 is 14.4. The van der Waals surface area contributed by atoms with Crippen molar-refractivity contribution in [3.63, 3.8) is 0 Å². The Kier molecular flexibility index (Phi) is 8.86. The number of hydrogen-bond donors (Lipinski definition) is 2. The van der Waals surface area contributed by atoms with Crippen LogP contribution in [0.2, 0.25) is 0 Å². The molecule has 0 spiro atoms. The van der Waals surface area contributed by atoms with Gasteiger partial charge < -0.3 is 24.2 Å². The van der Waals surface area contributed by atoms with Crippen LogP contribution in [0.15, 0.2) is 0 Å². The summed E-state index contributed by atoms with van der Waals surface area (Å²) >= 11 is 0. The zero-order chi connectivity index (χ0) is 9.23. The molecular weight excluding hydrogens is 163 g/mol. The minimum atomic E-state index is -1.71. The molecular formula is C6H15BO5. The fraction of sp³-hybridized carbons (Fsp3) is 1.00. The molecule has 0 aliphatic carbocycles. The molecule has 0 atom stereocenters. The van der Waals surface area contributed by atoms with Crippen LogP contribution in [0.1, 0.15) is 6.92 Å². The van der Waals surface area contributed by atoms with Crippen molar-refractivity contribution in [3.05, 3.63) is 0 Å². The van der Waals surface area contributed by atoms with Gasteiger partial charge in [0.05, 0.1) is 26.4 Å². The summed E-state index contributed by atoms with van der Waals surface area (Å²) in [4.78, 5) is 0. The van der Waals surface area contributed by atoms with Crippen LogP contribution in [0.25, 0.3) is 0 Å². The Hall–Kier alpha value is -0.135. The third-order valence-corrected chi connectivity index (χ3v) is 1.07. The van der Waals surface area contributed by atoms with Gasteiger partial charge in [0, 0.05) is 6.61 Å². The van der Waals surface area contributed by atoms with E-state index in [9.17, 15) is 0 Å². The standard InChI is InChI=1S/C6H15BO5/c1-2-10-3-4-11-5-6-12-7(8)9/h8-9H,2-6H2,1H3. The van der Waals surface area contributed by atoms with Gasteiger partial charge in [-0.2, -0.15) is 0 Å². The first-order chi connectivity index (χ1) is 5.77. The van der Waals surface area contributed by atoms with E-state index in [1.54, 1.807) is 0 Å². The molecule has 0 amide bonds. The Morgan fingerprint density at radius 3 is 2.17 bits per heavy atom. The average Bonchev–Trinajstić information content (AvgIpc) is 2.02. The molecule has 0 bridgehead atoms. The largest absolute Gasteiger partial charge is 0.633 e. The van der Waals surface area contributed by atoms with Gasteiger partial charge in [0.15, 0.2) is 0 Å². The van der Waals surface area contributed by atoms with Gasteiger partial charge >= 0.3 is 7.32 Å². The second-order valence-electron chi connectivity index (χ2n) is 2.01. The highest BCUT2D eigenvalue weighted by Gasteiger charge is 2.06. The maximum atomic E-state index is 8.25. The number of ether oxygens (including phenoxy) is 2. The third kappa shape index (κ3) is 9.86. The van der Waals surface area contributed by atoms with Gasteiger partial charge in [0.25, 0.3) is 0 Å². The van der Waals surface area contributed by atoms with Crippen LogP contribution in [0.4, 0.5) is 0 Å². The Bertz CT molecular complexity index is 90.0. The molecule has 0 radical (unpaired) electrons. The van der Waals surface area contributed by atoms with E-state index in [1.807, 2.05) is 6.92 Å². The van der Waals surface area contributed by atoms with Crippen LogP contribution >= 0.6 is 0 Å². The zero-order valence-corrected chi connectivity index (χ0v) is 7.23. The first kappa shape index (κ1) is 11.9. The highest BCUT2D eigenvalue weighted by atomic mass is 16.6. The molecule has 0 heterocycles. The Labute approximate surface area is 72.4 Å². The van der Waals surface area contributed by atoms with Crippen molar-refractivity contribution in [2.45, 2.75) is 6.92 Å². The minimum absolute atomic E-state index is 0.170. The van der Waals surface area contributed by atoms with E-state index in [1.165, 1.54) is 0 Å². The number of hydrogen-bond acceptors (Lipinski definition) is 5. The van der Waals surface area contributed by atoms with E-state index < -0.39 is 7.32 Å². The Balaban J connectivity index is 2.82. The van der Waals surface area contributed by atoms with Crippen molar-refractivity contribution in [3.8, 4) is 0 Å². The average molecular weight is 178 g/mol. The number of rotatable bonds is 8. The van der Waals surface area contributed by atoms with Gasteiger partial charge in [-0.25, -0.2) is 0 Å². The summed E-state index contributed by atoms with van der Waals surface area (Å²) in [5, 5.41) is 16.5. The van der Waals surface area contributed by atoms with E-state index in [0.29, 0.717) is 26.4 Å². The van der Waals surface area contributed by atoms with Gasteiger partial charge in [-0.15, -0.1) is 0 Å². The van der Waals surface area contributed by atoms with E-state index >= 15 is 0 Å². The maximum Gasteiger partial charge on any atom is 0.633 e. The minimum Gasteiger partial charge on any atom is -0.402 e. The van der Waals surface area contributed by atoms with Gasteiger partial charge in [0.2, 0.25) is 0 Å². The highest BCUT2D eigenvalue weighted by Crippen LogP contribution is 1.80. The Morgan fingerprint density at radius 2 is 1.58 bits per heavy atom. The van der Waals surface area contributed by atoms with Crippen LogP contribution in [-0.2, 0) is 14.1 Å². The smallest absolute Gasteiger partial charge is 0.402 e. The molecule has 0 saturated heterocycles. The SMILES string of the molecule is CCOCCOCCOB(O)O. The van der Waals surface area contributed by atoms with Crippen LogP contribution in [0.5, 0.6) is 0 Å². The van der Waals surface area contributed by atoms with E-state index in [-0.39, 0.29) is 6.61 Å². The lowest BCUT2D eigenvalue weighted by Gasteiger charge is -2.04. The fourth-order valence-corrected chi connectivity index (χ4v) is 0.577. The van der Waals surface area contributed by atoms with Gasteiger partial charge in [0.1, 0.15) is 0 Å². The van der Waals surface area contributed by atoms with Gasteiger partial charge in [-0.1, -0.05) is 0 Å². The van der Waals surface area contributed by atoms with E-state index in [2.05, 4.69) is 4.65 Å².